The van der Waals surface area contributed by atoms with Crippen LogP contribution in [0.1, 0.15) is 51.9 Å². The number of nitrogens with zero attached hydrogens (tertiary/aromatic N) is 1. The number of carbonyl (C=O) groups is 2. The summed E-state index contributed by atoms with van der Waals surface area (Å²) in [5.74, 6) is -1.74. The van der Waals surface area contributed by atoms with Gasteiger partial charge < -0.3 is 19.1 Å². The van der Waals surface area contributed by atoms with Gasteiger partial charge in [0.15, 0.2) is 6.10 Å². The topological polar surface area (TPSA) is 66.4 Å². The van der Waals surface area contributed by atoms with Gasteiger partial charge in [-0.2, -0.15) is 0 Å². The minimum absolute atomic E-state index is 0.292. The molecule has 1 atom stereocenters. The zero-order valence-corrected chi connectivity index (χ0v) is 16.8. The Morgan fingerprint density at radius 1 is 1.00 bits per heavy atom. The molecule has 0 N–H and O–H groups in total. The van der Waals surface area contributed by atoms with Gasteiger partial charge in [0.2, 0.25) is 0 Å². The normalized spacial score (nSPS) is 13.7. The molecule has 0 aromatic carbocycles. The quantitative estimate of drug-likeness (QED) is 0.156. The molecule has 0 saturated heterocycles. The fourth-order valence-electron chi connectivity index (χ4n) is 2.38. The molecular formula is C21H35NO4. The molecule has 0 rings (SSSR count). The largest absolute Gasteiger partial charge is 0.550 e. The van der Waals surface area contributed by atoms with E-state index in [1.807, 2.05) is 27.2 Å². The first-order chi connectivity index (χ1) is 12.2. The van der Waals surface area contributed by atoms with Crippen molar-refractivity contribution in [3.05, 3.63) is 36.5 Å². The summed E-state index contributed by atoms with van der Waals surface area (Å²) in [4.78, 5) is 22.6. The summed E-state index contributed by atoms with van der Waals surface area (Å²) in [6, 6.07) is 0. The number of carboxylic acids is 1. The third kappa shape index (κ3) is 17.0. The molecule has 0 aliphatic carbocycles. The van der Waals surface area contributed by atoms with Crippen LogP contribution in [0.2, 0.25) is 0 Å². The van der Waals surface area contributed by atoms with E-state index in [4.69, 9.17) is 4.74 Å². The number of rotatable bonds is 14. The molecule has 0 amide bonds. The van der Waals surface area contributed by atoms with Gasteiger partial charge in [0.25, 0.3) is 0 Å². The summed E-state index contributed by atoms with van der Waals surface area (Å²) in [5.41, 5.74) is 0. The molecule has 0 radical (unpaired) electrons. The van der Waals surface area contributed by atoms with Crippen molar-refractivity contribution in [2.24, 2.45) is 0 Å². The first kappa shape index (κ1) is 24.1. The maximum absolute atomic E-state index is 11.8. The minimum atomic E-state index is -1.22. The molecule has 5 heteroatoms. The number of hydrogen-bond donors (Lipinski definition) is 0. The Morgan fingerprint density at radius 3 is 2.19 bits per heavy atom. The molecule has 148 valence electrons. The number of carboxylic acid groups (broad SMARTS) is 1. The van der Waals surface area contributed by atoms with E-state index < -0.39 is 18.0 Å². The maximum Gasteiger partial charge on any atom is 0.330 e. The van der Waals surface area contributed by atoms with Gasteiger partial charge in [-0.3, -0.25) is 0 Å². The summed E-state index contributed by atoms with van der Waals surface area (Å²) in [5, 5.41) is 10.8. The van der Waals surface area contributed by atoms with Crippen molar-refractivity contribution in [2.75, 3.05) is 27.7 Å². The van der Waals surface area contributed by atoms with Gasteiger partial charge in [0.1, 0.15) is 6.54 Å². The van der Waals surface area contributed by atoms with Crippen molar-refractivity contribution < 1.29 is 23.9 Å². The Kier molecular flexibility index (Phi) is 13.3. The van der Waals surface area contributed by atoms with Crippen molar-refractivity contribution in [3.8, 4) is 0 Å². The number of hydrogen-bond acceptors (Lipinski definition) is 4. The van der Waals surface area contributed by atoms with Crippen LogP contribution in [0.4, 0.5) is 0 Å². The zero-order valence-electron chi connectivity index (χ0n) is 16.8. The van der Waals surface area contributed by atoms with E-state index in [0.29, 0.717) is 17.4 Å². The smallest absolute Gasteiger partial charge is 0.330 e. The van der Waals surface area contributed by atoms with E-state index in [-0.39, 0.29) is 6.42 Å². The van der Waals surface area contributed by atoms with Crippen LogP contribution in [0.5, 0.6) is 0 Å². The molecular weight excluding hydrogens is 330 g/mol. The Bertz CT molecular complexity index is 487. The molecule has 0 spiro atoms. The molecule has 0 aromatic rings. The molecule has 0 fully saturated rings. The number of unbranched alkanes of at least 4 members (excludes halogenated alkanes) is 3. The Balaban J connectivity index is 4.12. The van der Waals surface area contributed by atoms with Gasteiger partial charge in [-0.15, -0.1) is 0 Å². The van der Waals surface area contributed by atoms with Gasteiger partial charge >= 0.3 is 5.97 Å². The van der Waals surface area contributed by atoms with Crippen LogP contribution in [0.25, 0.3) is 0 Å². The van der Waals surface area contributed by atoms with Crippen molar-refractivity contribution in [2.45, 2.75) is 58.0 Å². The lowest BCUT2D eigenvalue weighted by Crippen LogP contribution is -2.45. The van der Waals surface area contributed by atoms with Crippen LogP contribution in [0, 0.1) is 0 Å². The van der Waals surface area contributed by atoms with E-state index in [9.17, 15) is 14.7 Å². The van der Waals surface area contributed by atoms with Crippen LogP contribution in [0.15, 0.2) is 36.5 Å². The highest BCUT2D eigenvalue weighted by Crippen LogP contribution is 2.05. The van der Waals surface area contributed by atoms with Gasteiger partial charge in [0.05, 0.1) is 21.1 Å². The Hall–Kier alpha value is -1.88. The molecule has 26 heavy (non-hydrogen) atoms. The fourth-order valence-corrected chi connectivity index (χ4v) is 2.38. The molecule has 0 bridgehead atoms. The van der Waals surface area contributed by atoms with Crippen LogP contribution in [0.3, 0.4) is 0 Å². The maximum atomic E-state index is 11.8. The highest BCUT2D eigenvalue weighted by molar-refractivity contribution is 5.82. The molecule has 5 nitrogen and oxygen atoms in total. The standard InChI is InChI=1S/C21H35NO4/c1-5-6-7-8-9-10-11-12-13-14-15-16-21(25)26-19(17-20(23)24)18-22(2,3)4/h9-10,12-13,15-16,19H,5-8,11,14,17-18H2,1-4H3/b10-9+,13-12+,16-15+. The average Bonchev–Trinajstić information content (AvgIpc) is 2.50. The number of esters is 1. The second-order valence-electron chi connectivity index (χ2n) is 7.42. The van der Waals surface area contributed by atoms with E-state index in [1.165, 1.54) is 25.3 Å². The molecule has 0 aromatic heterocycles. The van der Waals surface area contributed by atoms with Gasteiger partial charge in [-0.1, -0.05) is 50.1 Å². The minimum Gasteiger partial charge on any atom is -0.550 e. The number of quaternary nitrogens is 1. The number of ether oxygens (including phenoxy) is 1. The lowest BCUT2D eigenvalue weighted by molar-refractivity contribution is -0.873. The highest BCUT2D eigenvalue weighted by atomic mass is 16.5. The lowest BCUT2D eigenvalue weighted by Gasteiger charge is -2.29. The first-order valence-corrected chi connectivity index (χ1v) is 9.42. The van der Waals surface area contributed by atoms with E-state index in [1.54, 1.807) is 6.08 Å². The second kappa shape index (κ2) is 14.3. The number of allylic oxidation sites excluding steroid dienone is 5. The number of likely N-dealkylation sites (N-methyl/N-ethyl adjacent to an activating group) is 1. The zero-order chi connectivity index (χ0) is 19.8. The molecule has 0 heterocycles. The summed E-state index contributed by atoms with van der Waals surface area (Å²) in [6.07, 6.45) is 16.9. The van der Waals surface area contributed by atoms with Crippen molar-refractivity contribution in [1.29, 1.82) is 0 Å². The fraction of sp³-hybridized carbons (Fsp3) is 0.619. The second-order valence-corrected chi connectivity index (χ2v) is 7.42. The molecule has 1 unspecified atom stereocenters. The Morgan fingerprint density at radius 2 is 1.62 bits per heavy atom. The summed E-state index contributed by atoms with van der Waals surface area (Å²) >= 11 is 0. The lowest BCUT2D eigenvalue weighted by atomic mass is 10.2. The summed E-state index contributed by atoms with van der Waals surface area (Å²) in [7, 11) is 5.74. The van der Waals surface area contributed by atoms with E-state index in [0.717, 1.165) is 12.8 Å². The van der Waals surface area contributed by atoms with Gasteiger partial charge in [0, 0.05) is 18.5 Å². The van der Waals surface area contributed by atoms with Crippen LogP contribution < -0.4 is 5.11 Å². The molecule has 0 saturated carbocycles. The van der Waals surface area contributed by atoms with Gasteiger partial charge in [-0.05, 0) is 25.7 Å². The van der Waals surface area contributed by atoms with Crippen molar-refractivity contribution >= 4 is 11.9 Å². The third-order valence-electron chi connectivity index (χ3n) is 3.53. The monoisotopic (exact) mass is 365 g/mol. The van der Waals surface area contributed by atoms with Crippen LogP contribution >= 0.6 is 0 Å². The summed E-state index contributed by atoms with van der Waals surface area (Å²) in [6.45, 7) is 2.61. The van der Waals surface area contributed by atoms with Crippen LogP contribution in [-0.2, 0) is 14.3 Å². The van der Waals surface area contributed by atoms with Crippen LogP contribution in [-0.4, -0.2) is 50.2 Å². The first-order valence-electron chi connectivity index (χ1n) is 9.42. The molecule has 0 aliphatic heterocycles. The highest BCUT2D eigenvalue weighted by Gasteiger charge is 2.21. The van der Waals surface area contributed by atoms with Crippen molar-refractivity contribution in [1.82, 2.24) is 0 Å². The third-order valence-corrected chi connectivity index (χ3v) is 3.53. The van der Waals surface area contributed by atoms with E-state index >= 15 is 0 Å². The molecule has 0 aliphatic rings. The predicted octanol–water partition coefficient (Wildman–Crippen LogP) is 2.77. The number of carbonyl (C=O) groups excluding carboxylic acids is 2. The van der Waals surface area contributed by atoms with Crippen molar-refractivity contribution in [3.63, 3.8) is 0 Å². The predicted molar refractivity (Wildman–Crippen MR) is 103 cm³/mol. The average molecular weight is 366 g/mol. The summed E-state index contributed by atoms with van der Waals surface area (Å²) < 4.78 is 5.74. The number of aliphatic carboxylic acids is 1. The Labute approximate surface area is 158 Å². The van der Waals surface area contributed by atoms with Gasteiger partial charge in [-0.25, -0.2) is 4.79 Å². The SMILES string of the molecule is CCCCC/C=C/C/C=C/C/C=C/C(=O)OC(CC(=O)[O-])C[N+](C)(C)C. The van der Waals surface area contributed by atoms with E-state index in [2.05, 4.69) is 25.2 Å².